The van der Waals surface area contributed by atoms with Crippen LogP contribution in [0, 0.1) is 0 Å². The molecule has 3 heterocycles. The van der Waals surface area contributed by atoms with E-state index in [9.17, 15) is 10.2 Å². The fourth-order valence-electron chi connectivity index (χ4n) is 2.18. The van der Waals surface area contributed by atoms with E-state index in [4.69, 9.17) is 21.4 Å². The minimum Gasteiger partial charge on any atom is -0.394 e. The average Bonchev–Trinajstić information content (AvgIpc) is 2.94. The minimum absolute atomic E-state index is 0.387. The molecule has 1 unspecified atom stereocenters. The summed E-state index contributed by atoms with van der Waals surface area (Å²) in [4.78, 5) is 4.14. The van der Waals surface area contributed by atoms with Crippen LogP contribution in [0.5, 0.6) is 0 Å². The molecule has 1 fully saturated rings. The molecule has 4 atom stereocenters. The van der Waals surface area contributed by atoms with Crippen molar-refractivity contribution in [2.45, 2.75) is 24.5 Å². The summed E-state index contributed by atoms with van der Waals surface area (Å²) in [5.74, 6) is 0. The summed E-state index contributed by atoms with van der Waals surface area (Å²) in [5.41, 5.74) is 0.447. The summed E-state index contributed by atoms with van der Waals surface area (Å²) in [6.07, 6.45) is -1.09. The predicted octanol–water partition coefficient (Wildman–Crippen LogP) is -0.304. The highest BCUT2D eigenvalue weighted by molar-refractivity contribution is 6.35. The fraction of sp³-hybridized carbons (Fsp3) is 0.455. The molecule has 3 N–H and O–H groups in total. The number of aromatic nitrogens is 3. The molecule has 0 spiro atoms. The Labute approximate surface area is 113 Å². The summed E-state index contributed by atoms with van der Waals surface area (Å²) in [6, 6.07) is 1.63. The van der Waals surface area contributed by atoms with E-state index in [1.807, 2.05) is 0 Å². The molecule has 1 aliphatic rings. The van der Waals surface area contributed by atoms with Gasteiger partial charge in [0, 0.05) is 6.20 Å². The maximum atomic E-state index is 9.95. The van der Waals surface area contributed by atoms with E-state index in [0.717, 1.165) is 0 Å². The summed E-state index contributed by atoms with van der Waals surface area (Å²) >= 11 is 6.01. The van der Waals surface area contributed by atoms with Crippen molar-refractivity contribution < 1.29 is 20.1 Å². The zero-order valence-corrected chi connectivity index (χ0v) is 10.5. The molecule has 2 aromatic heterocycles. The first-order valence-electron chi connectivity index (χ1n) is 5.73. The van der Waals surface area contributed by atoms with Crippen LogP contribution in [0.15, 0.2) is 18.5 Å². The standard InChI is InChI=1S/C11H12ClN3O4/c12-6-1-2-13-10-5(6)3-14-15(10)11-9(18)8(17)7(4-16)19-11/h1-3,7-9,11,16-18H,4H2/t7-,8-,9-,11?/m1/s1. The molecule has 2 aromatic rings. The molecule has 7 nitrogen and oxygen atoms in total. The SMILES string of the molecule is OC[C@H]1OC(n2ncc3c(Cl)ccnc32)[C@H](O)[C@@H]1O. The molecule has 8 heteroatoms. The molecule has 1 saturated heterocycles. The van der Waals surface area contributed by atoms with Gasteiger partial charge in [-0.25, -0.2) is 9.67 Å². The largest absolute Gasteiger partial charge is 0.394 e. The molecular formula is C11H12ClN3O4. The van der Waals surface area contributed by atoms with Crippen molar-refractivity contribution in [1.29, 1.82) is 0 Å². The number of rotatable bonds is 2. The molecule has 0 bridgehead atoms. The number of pyridine rings is 1. The first-order chi connectivity index (χ1) is 9.13. The Morgan fingerprint density at radius 1 is 1.37 bits per heavy atom. The van der Waals surface area contributed by atoms with Crippen LogP contribution in [-0.2, 0) is 4.74 Å². The lowest BCUT2D eigenvalue weighted by atomic mass is 10.1. The molecule has 0 aliphatic carbocycles. The second-order valence-corrected chi connectivity index (χ2v) is 4.76. The molecule has 3 rings (SSSR count). The maximum Gasteiger partial charge on any atom is 0.181 e. The minimum atomic E-state index is -1.19. The van der Waals surface area contributed by atoms with E-state index < -0.39 is 24.5 Å². The van der Waals surface area contributed by atoms with Gasteiger partial charge in [-0.2, -0.15) is 5.10 Å². The number of hydrogen-bond donors (Lipinski definition) is 3. The molecule has 0 aromatic carbocycles. The smallest absolute Gasteiger partial charge is 0.181 e. The molecule has 102 valence electrons. The Bertz CT molecular complexity index is 605. The van der Waals surface area contributed by atoms with Gasteiger partial charge in [-0.1, -0.05) is 11.6 Å². The van der Waals surface area contributed by atoms with Gasteiger partial charge in [0.15, 0.2) is 11.9 Å². The van der Waals surface area contributed by atoms with Gasteiger partial charge in [-0.05, 0) is 6.07 Å². The van der Waals surface area contributed by atoms with Gasteiger partial charge < -0.3 is 20.1 Å². The van der Waals surface area contributed by atoms with Gasteiger partial charge in [0.2, 0.25) is 0 Å². The number of halogens is 1. The Morgan fingerprint density at radius 2 is 2.16 bits per heavy atom. The van der Waals surface area contributed by atoms with Crippen LogP contribution in [0.4, 0.5) is 0 Å². The highest BCUT2D eigenvalue weighted by atomic mass is 35.5. The summed E-state index contributed by atoms with van der Waals surface area (Å²) in [5, 5.41) is 33.9. The normalized spacial score (nSPS) is 31.2. The van der Waals surface area contributed by atoms with Crippen molar-refractivity contribution in [2.24, 2.45) is 0 Å². The molecule has 19 heavy (non-hydrogen) atoms. The van der Waals surface area contributed by atoms with Crippen molar-refractivity contribution in [3.05, 3.63) is 23.5 Å². The van der Waals surface area contributed by atoms with E-state index in [1.54, 1.807) is 6.07 Å². The predicted molar refractivity (Wildman–Crippen MR) is 65.5 cm³/mol. The van der Waals surface area contributed by atoms with Crippen LogP contribution in [0.25, 0.3) is 11.0 Å². The summed E-state index contributed by atoms with van der Waals surface area (Å²) in [7, 11) is 0. The lowest BCUT2D eigenvalue weighted by molar-refractivity contribution is -0.0566. The maximum absolute atomic E-state index is 9.95. The van der Waals surface area contributed by atoms with Gasteiger partial charge in [-0.15, -0.1) is 0 Å². The van der Waals surface area contributed by atoms with E-state index in [2.05, 4.69) is 10.1 Å². The fourth-order valence-corrected chi connectivity index (χ4v) is 2.37. The molecule has 0 saturated carbocycles. The van der Waals surface area contributed by atoms with Crippen LogP contribution >= 0.6 is 11.6 Å². The van der Waals surface area contributed by atoms with Gasteiger partial charge in [-0.3, -0.25) is 0 Å². The molecule has 1 aliphatic heterocycles. The Balaban J connectivity index is 2.04. The quantitative estimate of drug-likeness (QED) is 0.700. The topological polar surface area (TPSA) is 101 Å². The number of hydrogen-bond acceptors (Lipinski definition) is 6. The monoisotopic (exact) mass is 285 g/mol. The zero-order valence-electron chi connectivity index (χ0n) is 9.72. The Hall–Kier alpha value is -1.25. The van der Waals surface area contributed by atoms with E-state index in [0.29, 0.717) is 16.1 Å². The zero-order chi connectivity index (χ0) is 13.6. The lowest BCUT2D eigenvalue weighted by Gasteiger charge is -2.15. The van der Waals surface area contributed by atoms with E-state index in [1.165, 1.54) is 17.1 Å². The number of aliphatic hydroxyl groups excluding tert-OH is 3. The number of aliphatic hydroxyl groups is 3. The van der Waals surface area contributed by atoms with Crippen molar-refractivity contribution in [1.82, 2.24) is 14.8 Å². The molecule has 0 amide bonds. The lowest BCUT2D eigenvalue weighted by Crippen LogP contribution is -2.33. The van der Waals surface area contributed by atoms with E-state index in [-0.39, 0.29) is 6.61 Å². The van der Waals surface area contributed by atoms with Crippen molar-refractivity contribution in [3.63, 3.8) is 0 Å². The van der Waals surface area contributed by atoms with Crippen molar-refractivity contribution in [3.8, 4) is 0 Å². The van der Waals surface area contributed by atoms with E-state index >= 15 is 0 Å². The first kappa shape index (κ1) is 12.8. The van der Waals surface area contributed by atoms with Crippen molar-refractivity contribution in [2.75, 3.05) is 6.61 Å². The van der Waals surface area contributed by atoms with Gasteiger partial charge in [0.05, 0.1) is 23.2 Å². The Morgan fingerprint density at radius 3 is 2.84 bits per heavy atom. The van der Waals surface area contributed by atoms with Crippen molar-refractivity contribution >= 4 is 22.6 Å². The summed E-state index contributed by atoms with van der Waals surface area (Å²) < 4.78 is 6.75. The first-order valence-corrected chi connectivity index (χ1v) is 6.11. The number of fused-ring (bicyclic) bond motifs is 1. The third kappa shape index (κ3) is 1.90. The van der Waals surface area contributed by atoms with Crippen LogP contribution in [-0.4, -0.2) is 55.0 Å². The van der Waals surface area contributed by atoms with Crippen LogP contribution in [0.1, 0.15) is 6.23 Å². The third-order valence-electron chi connectivity index (χ3n) is 3.20. The second-order valence-electron chi connectivity index (χ2n) is 4.35. The summed E-state index contributed by atoms with van der Waals surface area (Å²) in [6.45, 7) is -0.387. The van der Waals surface area contributed by atoms with Gasteiger partial charge in [0.1, 0.15) is 18.3 Å². The van der Waals surface area contributed by atoms with Crippen LogP contribution in [0.3, 0.4) is 0 Å². The highest BCUT2D eigenvalue weighted by Crippen LogP contribution is 2.32. The number of nitrogens with zero attached hydrogens (tertiary/aromatic N) is 3. The van der Waals surface area contributed by atoms with Gasteiger partial charge in [0.25, 0.3) is 0 Å². The average molecular weight is 286 g/mol. The third-order valence-corrected chi connectivity index (χ3v) is 3.53. The van der Waals surface area contributed by atoms with Gasteiger partial charge >= 0.3 is 0 Å². The highest BCUT2D eigenvalue weighted by Gasteiger charge is 2.44. The van der Waals surface area contributed by atoms with Crippen LogP contribution < -0.4 is 0 Å². The second kappa shape index (κ2) is 4.69. The van der Waals surface area contributed by atoms with Crippen LogP contribution in [0.2, 0.25) is 5.02 Å². The molecular weight excluding hydrogens is 274 g/mol. The number of ether oxygens (including phenoxy) is 1. The Kier molecular flexibility index (Phi) is 3.15. The molecule has 0 radical (unpaired) electrons.